The van der Waals surface area contributed by atoms with E-state index in [-0.39, 0.29) is 23.3 Å². The number of fused-ring (bicyclic) bond motifs is 3. The third kappa shape index (κ3) is 3.27. The molecule has 184 valence electrons. The summed E-state index contributed by atoms with van der Waals surface area (Å²) in [6.07, 6.45) is -0.659. The summed E-state index contributed by atoms with van der Waals surface area (Å²) in [5, 5.41) is 0.497. The molecule has 4 aliphatic heterocycles. The minimum atomic E-state index is -4.44. The van der Waals surface area contributed by atoms with Crippen LogP contribution in [-0.2, 0) is 25.4 Å². The lowest BCUT2D eigenvalue weighted by molar-refractivity contribution is -0.575. The van der Waals surface area contributed by atoms with E-state index in [4.69, 9.17) is 24.0 Å². The van der Waals surface area contributed by atoms with Gasteiger partial charge in [-0.05, 0) is 62.3 Å². The smallest absolute Gasteiger partial charge is 0.416 e. The summed E-state index contributed by atoms with van der Waals surface area (Å²) in [5.41, 5.74) is -1.23. The number of halogens is 3. The average Bonchev–Trinajstić information content (AvgIpc) is 3.02. The lowest BCUT2D eigenvalue weighted by Crippen LogP contribution is -2.70. The van der Waals surface area contributed by atoms with E-state index in [2.05, 4.69) is 18.8 Å². The van der Waals surface area contributed by atoms with Crippen LogP contribution in [-0.4, -0.2) is 29.0 Å². The van der Waals surface area contributed by atoms with E-state index in [0.29, 0.717) is 23.5 Å². The van der Waals surface area contributed by atoms with E-state index < -0.39 is 35.7 Å². The van der Waals surface area contributed by atoms with Crippen molar-refractivity contribution in [3.8, 4) is 5.75 Å². The number of rotatable bonds is 2. The Bertz CT molecular complexity index is 1110. The molecule has 1 aromatic heterocycles. The maximum absolute atomic E-state index is 13.2. The lowest BCUT2D eigenvalue weighted by Gasteiger charge is -2.60. The van der Waals surface area contributed by atoms with E-state index in [1.54, 1.807) is 6.07 Å². The van der Waals surface area contributed by atoms with Gasteiger partial charge in [-0.1, -0.05) is 13.8 Å². The number of ether oxygens (including phenoxy) is 3. The Hall–Kier alpha value is -1.94. The van der Waals surface area contributed by atoms with Gasteiger partial charge in [-0.15, -0.1) is 0 Å². The minimum absolute atomic E-state index is 0.0569. The maximum atomic E-state index is 13.2. The Kier molecular flexibility index (Phi) is 4.99. The van der Waals surface area contributed by atoms with Crippen LogP contribution in [0.1, 0.15) is 52.0 Å². The molecule has 2 aromatic rings. The molecule has 9 heteroatoms. The van der Waals surface area contributed by atoms with Crippen LogP contribution in [0.5, 0.6) is 5.75 Å². The van der Waals surface area contributed by atoms with E-state index in [0.717, 1.165) is 31.4 Å². The monoisotopic (exact) mass is 479 g/mol. The average molecular weight is 479 g/mol. The van der Waals surface area contributed by atoms with Gasteiger partial charge in [0.1, 0.15) is 5.75 Å². The number of nitrogens with zero attached hydrogens (tertiary/aromatic N) is 1. The molecule has 5 heterocycles. The summed E-state index contributed by atoms with van der Waals surface area (Å²) in [5.74, 6) is 0.260. The lowest BCUT2D eigenvalue weighted by atomic mass is 9.58. The van der Waals surface area contributed by atoms with Crippen molar-refractivity contribution in [3.05, 3.63) is 36.0 Å². The summed E-state index contributed by atoms with van der Waals surface area (Å²) >= 11 is 0. The molecule has 1 saturated carbocycles. The second-order valence-corrected chi connectivity index (χ2v) is 10.4. The van der Waals surface area contributed by atoms with Crippen molar-refractivity contribution in [3.63, 3.8) is 0 Å². The Morgan fingerprint density at radius 3 is 2.68 bits per heavy atom. The molecule has 5 aliphatic rings. The zero-order valence-corrected chi connectivity index (χ0v) is 19.3. The molecular formula is C25H28F3NO5. The van der Waals surface area contributed by atoms with Crippen LogP contribution in [0.3, 0.4) is 0 Å². The van der Waals surface area contributed by atoms with Crippen LogP contribution in [0.4, 0.5) is 13.2 Å². The first kappa shape index (κ1) is 22.5. The van der Waals surface area contributed by atoms with Gasteiger partial charge in [0, 0.05) is 29.8 Å². The zero-order chi connectivity index (χ0) is 23.9. The second kappa shape index (κ2) is 7.53. The second-order valence-electron chi connectivity index (χ2n) is 10.4. The molecule has 8 atom stereocenters. The topological polar surface area (TPSA) is 59.0 Å². The highest BCUT2D eigenvalue weighted by atomic mass is 19.4. The summed E-state index contributed by atoms with van der Waals surface area (Å²) in [6, 6.07) is 5.14. The summed E-state index contributed by atoms with van der Waals surface area (Å²) in [6.45, 7) is 6.19. The van der Waals surface area contributed by atoms with Gasteiger partial charge >= 0.3 is 6.18 Å². The van der Waals surface area contributed by atoms with Crippen LogP contribution in [0, 0.1) is 23.7 Å². The number of benzene rings is 1. The zero-order valence-electron chi connectivity index (χ0n) is 19.3. The minimum Gasteiger partial charge on any atom is -0.464 e. The van der Waals surface area contributed by atoms with Crippen molar-refractivity contribution >= 4 is 10.9 Å². The van der Waals surface area contributed by atoms with Gasteiger partial charge in [0.05, 0.1) is 11.1 Å². The van der Waals surface area contributed by atoms with E-state index in [1.165, 1.54) is 12.3 Å². The highest BCUT2D eigenvalue weighted by molar-refractivity contribution is 5.85. The van der Waals surface area contributed by atoms with Crippen LogP contribution >= 0.6 is 0 Å². The van der Waals surface area contributed by atoms with Gasteiger partial charge in [0.25, 0.3) is 0 Å². The summed E-state index contributed by atoms with van der Waals surface area (Å²) < 4.78 is 58.6. The SMILES string of the molecule is C[C@H]1[C@@H](Oc2ccnc3cc(C(F)(F)F)ccc23)O[C@@H]2O[C@@]3(C)CC[C@H]4[C@H](C)CC[C@@H]1[C@@]24OO3. The molecule has 7 rings (SSSR count). The van der Waals surface area contributed by atoms with Crippen LogP contribution < -0.4 is 4.74 Å². The van der Waals surface area contributed by atoms with Crippen LogP contribution in [0.15, 0.2) is 30.5 Å². The van der Waals surface area contributed by atoms with Crippen molar-refractivity contribution in [2.24, 2.45) is 23.7 Å². The van der Waals surface area contributed by atoms with Crippen LogP contribution in [0.2, 0.25) is 0 Å². The van der Waals surface area contributed by atoms with E-state index >= 15 is 0 Å². The molecule has 34 heavy (non-hydrogen) atoms. The van der Waals surface area contributed by atoms with Gasteiger partial charge in [-0.2, -0.15) is 13.2 Å². The fourth-order valence-corrected chi connectivity index (χ4v) is 6.53. The molecule has 0 amide bonds. The summed E-state index contributed by atoms with van der Waals surface area (Å²) in [7, 11) is 0. The number of hydrogen-bond acceptors (Lipinski definition) is 6. The van der Waals surface area contributed by atoms with E-state index in [9.17, 15) is 13.2 Å². The van der Waals surface area contributed by atoms with Crippen molar-refractivity contribution in [1.82, 2.24) is 4.98 Å². The normalized spacial score (nSPS) is 41.7. The Labute approximate surface area is 195 Å². The van der Waals surface area contributed by atoms with Gasteiger partial charge in [0.15, 0.2) is 11.9 Å². The van der Waals surface area contributed by atoms with Crippen molar-refractivity contribution < 1.29 is 37.2 Å². The van der Waals surface area contributed by atoms with Gasteiger partial charge < -0.3 is 14.2 Å². The largest absolute Gasteiger partial charge is 0.464 e. The van der Waals surface area contributed by atoms with Crippen molar-refractivity contribution in [1.29, 1.82) is 0 Å². The molecule has 4 saturated heterocycles. The molecule has 2 bridgehead atoms. The fraction of sp³-hybridized carbons (Fsp3) is 0.640. The molecule has 0 unspecified atom stereocenters. The first-order chi connectivity index (χ1) is 16.1. The van der Waals surface area contributed by atoms with Gasteiger partial charge in [-0.3, -0.25) is 4.98 Å². The molecule has 0 N–H and O–H groups in total. The highest BCUT2D eigenvalue weighted by Crippen LogP contribution is 2.60. The number of hydrogen-bond donors (Lipinski definition) is 0. The Balaban J connectivity index is 1.34. The molecular weight excluding hydrogens is 451 g/mol. The standard InChI is InChI=1S/C25H28F3NO5/c1-13-4-7-18-14(2)21(31-22-24(18)17(13)8-10-23(3,32-22)33-34-24)30-20-9-11-29-19-12-15(25(26,27)28)5-6-16(19)20/h5-6,9,11-14,17-18,21-22H,4,7-8,10H2,1-3H3/t13-,14-,17+,18+,21+,22-,23-,24-/m1/s1. The number of aromatic nitrogens is 1. The molecule has 1 spiro atoms. The Morgan fingerprint density at radius 2 is 1.88 bits per heavy atom. The first-order valence-electron chi connectivity index (χ1n) is 11.9. The fourth-order valence-electron chi connectivity index (χ4n) is 6.53. The van der Waals surface area contributed by atoms with Gasteiger partial charge in [0.2, 0.25) is 12.1 Å². The molecule has 5 fully saturated rings. The van der Waals surface area contributed by atoms with Crippen molar-refractivity contribution in [2.45, 2.75) is 76.6 Å². The number of alkyl halides is 3. The maximum Gasteiger partial charge on any atom is 0.416 e. The van der Waals surface area contributed by atoms with Gasteiger partial charge in [-0.25, -0.2) is 9.78 Å². The first-order valence-corrected chi connectivity index (χ1v) is 11.9. The third-order valence-corrected chi connectivity index (χ3v) is 8.37. The number of pyridine rings is 1. The molecule has 1 aromatic carbocycles. The quantitative estimate of drug-likeness (QED) is 0.505. The van der Waals surface area contributed by atoms with E-state index in [1.807, 2.05) is 6.92 Å². The molecule has 1 aliphatic carbocycles. The molecule has 6 nitrogen and oxygen atoms in total. The third-order valence-electron chi connectivity index (χ3n) is 8.37. The van der Waals surface area contributed by atoms with Crippen LogP contribution in [0.25, 0.3) is 10.9 Å². The predicted molar refractivity (Wildman–Crippen MR) is 114 cm³/mol. The molecule has 0 radical (unpaired) electrons. The summed E-state index contributed by atoms with van der Waals surface area (Å²) in [4.78, 5) is 16.1. The Morgan fingerprint density at radius 1 is 1.06 bits per heavy atom. The van der Waals surface area contributed by atoms with Crippen molar-refractivity contribution in [2.75, 3.05) is 0 Å². The predicted octanol–water partition coefficient (Wildman–Crippen LogP) is 5.84. The highest BCUT2D eigenvalue weighted by Gasteiger charge is 2.69.